The molecule has 1 aliphatic rings. The third kappa shape index (κ3) is 4.30. The molecule has 110 valence electrons. The van der Waals surface area contributed by atoms with Gasteiger partial charge in [-0.05, 0) is 37.2 Å². The highest BCUT2D eigenvalue weighted by atomic mass is 32.2. The molecule has 0 aromatic heterocycles. The number of hydrogen-bond donors (Lipinski definition) is 1. The van der Waals surface area contributed by atoms with Gasteiger partial charge in [0.05, 0.1) is 17.6 Å². The molecule has 1 saturated heterocycles. The normalized spacial score (nSPS) is 15.8. The van der Waals surface area contributed by atoms with Gasteiger partial charge >= 0.3 is 0 Å². The summed E-state index contributed by atoms with van der Waals surface area (Å²) in [5.74, 6) is 3.63. The molecule has 0 aliphatic carbocycles. The van der Waals surface area contributed by atoms with Crippen LogP contribution in [0.5, 0.6) is 5.75 Å². The minimum Gasteiger partial charge on any atom is -0.494 e. The average molecular weight is 296 g/mol. The topological polar surface area (TPSA) is 64.4 Å². The van der Waals surface area contributed by atoms with Crippen molar-refractivity contribution < 1.29 is 9.66 Å². The van der Waals surface area contributed by atoms with Gasteiger partial charge < -0.3 is 10.1 Å². The van der Waals surface area contributed by atoms with Gasteiger partial charge in [0.2, 0.25) is 0 Å². The van der Waals surface area contributed by atoms with E-state index in [1.165, 1.54) is 30.4 Å². The first-order valence-corrected chi connectivity index (χ1v) is 8.08. The van der Waals surface area contributed by atoms with Crippen molar-refractivity contribution >= 4 is 23.1 Å². The molecule has 6 heteroatoms. The predicted octanol–water partition coefficient (Wildman–Crippen LogP) is 3.55. The van der Waals surface area contributed by atoms with Crippen molar-refractivity contribution in [1.29, 1.82) is 0 Å². The maximum atomic E-state index is 10.9. The summed E-state index contributed by atoms with van der Waals surface area (Å²) < 4.78 is 5.38. The van der Waals surface area contributed by atoms with Gasteiger partial charge in [0.25, 0.3) is 5.69 Å². The second-order valence-electron chi connectivity index (χ2n) is 4.84. The fourth-order valence-corrected chi connectivity index (χ4v) is 3.46. The Hall–Kier alpha value is -1.43. The van der Waals surface area contributed by atoms with Crippen molar-refractivity contribution in [3.8, 4) is 5.75 Å². The second-order valence-corrected chi connectivity index (χ2v) is 6.07. The zero-order chi connectivity index (χ0) is 14.4. The van der Waals surface area contributed by atoms with Crippen LogP contribution in [0.1, 0.15) is 19.8 Å². The first kappa shape index (κ1) is 15.0. The first-order valence-electron chi connectivity index (χ1n) is 6.93. The van der Waals surface area contributed by atoms with Gasteiger partial charge in [-0.25, -0.2) is 0 Å². The zero-order valence-corrected chi connectivity index (χ0v) is 12.4. The molecular weight excluding hydrogens is 276 g/mol. The van der Waals surface area contributed by atoms with Gasteiger partial charge in [-0.2, -0.15) is 11.8 Å². The average Bonchev–Trinajstić information content (AvgIpc) is 2.46. The van der Waals surface area contributed by atoms with Gasteiger partial charge in [-0.15, -0.1) is 0 Å². The number of nitrogens with zero attached hydrogens (tertiary/aromatic N) is 1. The Labute approximate surface area is 123 Å². The molecule has 0 bridgehead atoms. The summed E-state index contributed by atoms with van der Waals surface area (Å²) in [6.07, 6.45) is 2.43. The molecule has 1 fully saturated rings. The number of nitrogens with one attached hydrogen (secondary N) is 1. The molecule has 0 amide bonds. The highest BCUT2D eigenvalue weighted by Gasteiger charge is 2.15. The summed E-state index contributed by atoms with van der Waals surface area (Å²) in [5.41, 5.74) is 0.832. The summed E-state index contributed by atoms with van der Waals surface area (Å²) >= 11 is 2.00. The third-order valence-corrected chi connectivity index (χ3v) is 4.40. The van der Waals surface area contributed by atoms with Crippen molar-refractivity contribution in [1.82, 2.24) is 0 Å². The molecule has 5 nitrogen and oxygen atoms in total. The van der Waals surface area contributed by atoms with Crippen LogP contribution in [-0.2, 0) is 0 Å². The Kier molecular flexibility index (Phi) is 5.52. The molecule has 1 N–H and O–H groups in total. The number of benzene rings is 1. The lowest BCUT2D eigenvalue weighted by molar-refractivity contribution is -0.384. The van der Waals surface area contributed by atoms with E-state index in [2.05, 4.69) is 5.32 Å². The molecule has 0 unspecified atom stereocenters. The SMILES string of the molecule is CCOc1cc(NCC2CCSCC2)cc([N+](=O)[O-])c1. The Morgan fingerprint density at radius 2 is 2.15 bits per heavy atom. The molecular formula is C14H20N2O3S. The van der Waals surface area contributed by atoms with E-state index in [1.807, 2.05) is 24.8 Å². The van der Waals surface area contributed by atoms with Crippen LogP contribution in [0.3, 0.4) is 0 Å². The molecule has 1 aromatic rings. The minimum atomic E-state index is -0.384. The van der Waals surface area contributed by atoms with Crippen molar-refractivity contribution in [2.24, 2.45) is 5.92 Å². The lowest BCUT2D eigenvalue weighted by atomic mass is 10.0. The number of nitro benzene ring substituents is 1. The van der Waals surface area contributed by atoms with Crippen molar-refractivity contribution in [3.63, 3.8) is 0 Å². The van der Waals surface area contributed by atoms with Gasteiger partial charge in [-0.3, -0.25) is 10.1 Å². The Morgan fingerprint density at radius 1 is 1.40 bits per heavy atom. The fraction of sp³-hybridized carbons (Fsp3) is 0.571. The van der Waals surface area contributed by atoms with E-state index in [0.29, 0.717) is 18.3 Å². The number of hydrogen-bond acceptors (Lipinski definition) is 5. The van der Waals surface area contributed by atoms with E-state index in [4.69, 9.17) is 4.74 Å². The van der Waals surface area contributed by atoms with E-state index in [1.54, 1.807) is 6.07 Å². The maximum Gasteiger partial charge on any atom is 0.275 e. The largest absolute Gasteiger partial charge is 0.494 e. The summed E-state index contributed by atoms with van der Waals surface area (Å²) in [6, 6.07) is 4.86. The highest BCUT2D eigenvalue weighted by molar-refractivity contribution is 7.99. The molecule has 1 aliphatic heterocycles. The van der Waals surface area contributed by atoms with E-state index in [-0.39, 0.29) is 10.6 Å². The molecule has 0 radical (unpaired) electrons. The van der Waals surface area contributed by atoms with Crippen molar-refractivity contribution in [2.45, 2.75) is 19.8 Å². The second kappa shape index (κ2) is 7.38. The van der Waals surface area contributed by atoms with Gasteiger partial charge in [0.1, 0.15) is 5.75 Å². The van der Waals surface area contributed by atoms with Crippen LogP contribution in [0.25, 0.3) is 0 Å². The monoisotopic (exact) mass is 296 g/mol. The molecule has 0 spiro atoms. The number of non-ortho nitro benzene ring substituents is 1. The lowest BCUT2D eigenvalue weighted by Gasteiger charge is -2.22. The number of rotatable bonds is 6. The standard InChI is InChI=1S/C14H20N2O3S/c1-2-19-14-8-12(7-13(9-14)16(17)18)15-10-11-3-5-20-6-4-11/h7-9,11,15H,2-6,10H2,1H3. The van der Waals surface area contributed by atoms with Crippen LogP contribution in [0.2, 0.25) is 0 Å². The predicted molar refractivity (Wildman–Crippen MR) is 82.8 cm³/mol. The molecule has 1 aromatic carbocycles. The van der Waals surface area contributed by atoms with Gasteiger partial charge in [0, 0.05) is 24.4 Å². The number of thioether (sulfide) groups is 1. The lowest BCUT2D eigenvalue weighted by Crippen LogP contribution is -2.19. The van der Waals surface area contributed by atoms with Crippen molar-refractivity contribution in [2.75, 3.05) is 30.0 Å². The molecule has 0 atom stereocenters. The third-order valence-electron chi connectivity index (χ3n) is 3.35. The fourth-order valence-electron chi connectivity index (χ4n) is 2.25. The van der Waals surface area contributed by atoms with Crippen LogP contribution in [-0.4, -0.2) is 29.6 Å². The molecule has 20 heavy (non-hydrogen) atoms. The smallest absolute Gasteiger partial charge is 0.275 e. The van der Waals surface area contributed by atoms with Crippen molar-refractivity contribution in [3.05, 3.63) is 28.3 Å². The minimum absolute atomic E-state index is 0.0673. The van der Waals surface area contributed by atoms with Gasteiger partial charge in [0.15, 0.2) is 0 Å². The van der Waals surface area contributed by atoms with E-state index < -0.39 is 0 Å². The summed E-state index contributed by atoms with van der Waals surface area (Å²) in [5, 5.41) is 14.2. The maximum absolute atomic E-state index is 10.9. The first-order chi connectivity index (χ1) is 9.69. The zero-order valence-electron chi connectivity index (χ0n) is 11.6. The quantitative estimate of drug-likeness (QED) is 0.642. The van der Waals surface area contributed by atoms with Crippen LogP contribution in [0, 0.1) is 16.0 Å². The van der Waals surface area contributed by atoms with E-state index >= 15 is 0 Å². The van der Waals surface area contributed by atoms with Crippen LogP contribution >= 0.6 is 11.8 Å². The molecule has 1 heterocycles. The Bertz CT molecular complexity index is 462. The molecule has 0 saturated carbocycles. The molecule has 2 rings (SSSR count). The number of ether oxygens (including phenoxy) is 1. The summed E-state index contributed by atoms with van der Waals surface area (Å²) in [6.45, 7) is 3.24. The van der Waals surface area contributed by atoms with Crippen LogP contribution in [0.15, 0.2) is 18.2 Å². The van der Waals surface area contributed by atoms with Gasteiger partial charge in [-0.1, -0.05) is 0 Å². The van der Waals surface area contributed by atoms with Crippen LogP contribution < -0.4 is 10.1 Å². The Morgan fingerprint density at radius 3 is 2.80 bits per heavy atom. The number of nitro groups is 1. The van der Waals surface area contributed by atoms with Crippen LogP contribution in [0.4, 0.5) is 11.4 Å². The Balaban J connectivity index is 2.03. The van der Waals surface area contributed by atoms with E-state index in [0.717, 1.165) is 12.2 Å². The highest BCUT2D eigenvalue weighted by Crippen LogP contribution is 2.28. The number of anilines is 1. The van der Waals surface area contributed by atoms with E-state index in [9.17, 15) is 10.1 Å². The summed E-state index contributed by atoms with van der Waals surface area (Å²) in [7, 11) is 0. The summed E-state index contributed by atoms with van der Waals surface area (Å²) in [4.78, 5) is 10.6.